The van der Waals surface area contributed by atoms with Crippen LogP contribution in [0.15, 0.2) is 22.9 Å². The van der Waals surface area contributed by atoms with Gasteiger partial charge in [0.1, 0.15) is 11.6 Å². The van der Waals surface area contributed by atoms with Gasteiger partial charge < -0.3 is 5.73 Å². The Morgan fingerprint density at radius 3 is 3.05 bits per heavy atom. The number of aromatic nitrogens is 2. The Labute approximate surface area is 127 Å². The highest BCUT2D eigenvalue weighted by molar-refractivity contribution is 6.03. The van der Waals surface area contributed by atoms with E-state index in [1.807, 2.05) is 0 Å². The van der Waals surface area contributed by atoms with E-state index in [1.165, 1.54) is 6.92 Å². The van der Waals surface area contributed by atoms with Crippen molar-refractivity contribution in [2.45, 2.75) is 32.2 Å². The molecule has 1 fully saturated rings. The fourth-order valence-corrected chi connectivity index (χ4v) is 2.35. The molecule has 0 bridgehead atoms. The van der Waals surface area contributed by atoms with Gasteiger partial charge in [0.15, 0.2) is 5.78 Å². The maximum atomic E-state index is 13.0. The van der Waals surface area contributed by atoms with Crippen LogP contribution in [0.25, 0.3) is 10.9 Å². The number of hydrogen-bond acceptors (Lipinski definition) is 5. The molecule has 1 unspecified atom stereocenters. The van der Waals surface area contributed by atoms with Crippen molar-refractivity contribution >= 4 is 28.2 Å². The average molecular weight is 290 g/mol. The smallest absolute Gasteiger partial charge is 0.264 e. The molecule has 0 aliphatic heterocycles. The summed E-state index contributed by atoms with van der Waals surface area (Å²) in [6.07, 6.45) is -4.06. The third-order valence-electron chi connectivity index (χ3n) is 3.32. The molecule has 2 aromatic rings. The maximum absolute atomic E-state index is 13.0. The van der Waals surface area contributed by atoms with Gasteiger partial charge in [0.25, 0.3) is 5.56 Å². The molecule has 1 aliphatic carbocycles. The first-order chi connectivity index (χ1) is 11.9. The molecule has 1 saturated carbocycles. The monoisotopic (exact) mass is 290 g/mol. The molecule has 0 radical (unpaired) electrons. The summed E-state index contributed by atoms with van der Waals surface area (Å²) in [4.78, 5) is 41.2. The summed E-state index contributed by atoms with van der Waals surface area (Å²) < 4.78 is 40.3. The largest absolute Gasteiger partial charge is 0.398 e. The lowest BCUT2D eigenvalue weighted by Crippen LogP contribution is -2.36. The van der Waals surface area contributed by atoms with Gasteiger partial charge in [0.05, 0.1) is 27.5 Å². The predicted molar refractivity (Wildman–Crippen MR) is 78.1 cm³/mol. The molecule has 0 amide bonds. The van der Waals surface area contributed by atoms with Crippen LogP contribution >= 0.6 is 0 Å². The Kier molecular flexibility index (Phi) is 1.99. The minimum Gasteiger partial charge on any atom is -0.398 e. The lowest BCUT2D eigenvalue weighted by atomic mass is 9.92. The Morgan fingerprint density at radius 2 is 2.29 bits per heavy atom. The third kappa shape index (κ3) is 2.12. The molecule has 21 heavy (non-hydrogen) atoms. The summed E-state index contributed by atoms with van der Waals surface area (Å²) >= 11 is 0. The summed E-state index contributed by atoms with van der Waals surface area (Å²) in [5, 5.41) is -0.214. The van der Waals surface area contributed by atoms with Crippen LogP contribution in [0.2, 0.25) is 0 Å². The van der Waals surface area contributed by atoms with Gasteiger partial charge in [-0.1, -0.05) is 6.04 Å². The second kappa shape index (κ2) is 4.80. The molecule has 3 rings (SSSR count). The zero-order valence-electron chi connectivity index (χ0n) is 16.2. The van der Waals surface area contributed by atoms with Crippen molar-refractivity contribution in [3.8, 4) is 0 Å². The van der Waals surface area contributed by atoms with E-state index in [9.17, 15) is 14.4 Å². The van der Waals surface area contributed by atoms with Crippen molar-refractivity contribution in [3.63, 3.8) is 0 Å². The molecular formula is C15H15N3O3. The summed E-state index contributed by atoms with van der Waals surface area (Å²) in [5.74, 6) is -1.95. The molecule has 1 aromatic carbocycles. The number of benzene rings is 1. The third-order valence-corrected chi connectivity index (χ3v) is 3.32. The standard InChI is InChI=1S/C15H15N3O3/c1-8-17-11-4-2-3-10(16)14(11)15(21)18(8)12-6-5-9(19)7-13(12)20/h2-4,12H,5-7,16H2,1H3/i2D,4D,5D2,12D. The van der Waals surface area contributed by atoms with Gasteiger partial charge in [-0.3, -0.25) is 19.0 Å². The molecule has 108 valence electrons. The van der Waals surface area contributed by atoms with Crippen LogP contribution < -0.4 is 11.3 Å². The van der Waals surface area contributed by atoms with E-state index < -0.39 is 42.4 Å². The Balaban J connectivity index is 2.38. The molecule has 2 N–H and O–H groups in total. The fraction of sp³-hybridized carbons (Fsp3) is 0.333. The highest BCUT2D eigenvalue weighted by atomic mass is 16.2. The molecule has 6 nitrogen and oxygen atoms in total. The molecule has 0 spiro atoms. The van der Waals surface area contributed by atoms with E-state index in [4.69, 9.17) is 12.6 Å². The second-order valence-corrected chi connectivity index (χ2v) is 4.72. The van der Waals surface area contributed by atoms with Gasteiger partial charge in [-0.2, -0.15) is 0 Å². The summed E-state index contributed by atoms with van der Waals surface area (Å²) in [6, 6.07) is -1.79. The molecule has 1 heterocycles. The maximum Gasteiger partial charge on any atom is 0.264 e. The van der Waals surface area contributed by atoms with Gasteiger partial charge >= 0.3 is 0 Å². The number of nitrogen functional groups attached to an aromatic ring is 1. The summed E-state index contributed by atoms with van der Waals surface area (Å²) in [6.45, 7) is 1.34. The van der Waals surface area contributed by atoms with Gasteiger partial charge in [-0.05, 0) is 25.5 Å². The molecule has 6 heteroatoms. The second-order valence-electron chi connectivity index (χ2n) is 4.72. The summed E-state index contributed by atoms with van der Waals surface area (Å²) in [7, 11) is 0. The Hall–Kier alpha value is -2.50. The number of nitrogens with two attached hydrogens (primary N) is 1. The zero-order valence-corrected chi connectivity index (χ0v) is 11.2. The lowest BCUT2D eigenvalue weighted by Gasteiger charge is -2.24. The number of ketones is 2. The number of fused-ring (bicyclic) bond motifs is 1. The number of hydrogen-bond donors (Lipinski definition) is 1. The van der Waals surface area contributed by atoms with E-state index >= 15 is 0 Å². The minimum absolute atomic E-state index is 0.102. The van der Waals surface area contributed by atoms with Crippen molar-refractivity contribution < 1.29 is 16.4 Å². The van der Waals surface area contributed by atoms with E-state index in [1.54, 1.807) is 0 Å². The summed E-state index contributed by atoms with van der Waals surface area (Å²) in [5.41, 5.74) is 4.66. The highest BCUT2D eigenvalue weighted by Gasteiger charge is 2.30. The van der Waals surface area contributed by atoms with Crippen molar-refractivity contribution in [2.75, 3.05) is 5.73 Å². The first-order valence-corrected chi connectivity index (χ1v) is 6.26. The molecular weight excluding hydrogens is 270 g/mol. The Bertz CT molecular complexity index is 1050. The van der Waals surface area contributed by atoms with E-state index in [0.717, 1.165) is 10.6 Å². The van der Waals surface area contributed by atoms with Crippen molar-refractivity contribution in [2.24, 2.45) is 0 Å². The van der Waals surface area contributed by atoms with Crippen LogP contribution in [0.5, 0.6) is 0 Å². The van der Waals surface area contributed by atoms with E-state index in [0.29, 0.717) is 0 Å². The van der Waals surface area contributed by atoms with Crippen LogP contribution in [0, 0.1) is 6.92 Å². The average Bonchev–Trinajstić information content (AvgIpc) is 2.50. The Morgan fingerprint density at radius 1 is 1.52 bits per heavy atom. The fourth-order valence-electron chi connectivity index (χ4n) is 2.35. The van der Waals surface area contributed by atoms with Crippen molar-refractivity contribution in [1.82, 2.24) is 9.55 Å². The number of carbonyl (C=O) groups is 2. The minimum atomic E-state index is -2.44. The zero-order chi connectivity index (χ0) is 19.6. The number of nitrogens with zero attached hydrogens (tertiary/aromatic N) is 2. The molecule has 1 aliphatic rings. The van der Waals surface area contributed by atoms with Crippen LogP contribution in [-0.4, -0.2) is 21.1 Å². The van der Waals surface area contributed by atoms with Crippen molar-refractivity contribution in [1.29, 1.82) is 0 Å². The molecule has 1 atom stereocenters. The number of Topliss-reactive ketones (excluding diaryl/α,β-unsaturated/α-hetero) is 2. The number of rotatable bonds is 1. The number of carbonyl (C=O) groups excluding carboxylic acids is 2. The number of anilines is 1. The van der Waals surface area contributed by atoms with Gasteiger partial charge in [0, 0.05) is 14.8 Å². The predicted octanol–water partition coefficient (Wildman–Crippen LogP) is 1.15. The van der Waals surface area contributed by atoms with Gasteiger partial charge in [-0.15, -0.1) is 0 Å². The normalized spacial score (nSPS) is 28.5. The van der Waals surface area contributed by atoms with Crippen molar-refractivity contribution in [3.05, 3.63) is 34.3 Å². The van der Waals surface area contributed by atoms with E-state index in [2.05, 4.69) is 4.98 Å². The van der Waals surface area contributed by atoms with Crippen LogP contribution in [0.3, 0.4) is 0 Å². The molecule has 1 aromatic heterocycles. The topological polar surface area (TPSA) is 95.0 Å². The first kappa shape index (κ1) is 8.71. The van der Waals surface area contributed by atoms with Crippen LogP contribution in [0.4, 0.5) is 5.69 Å². The van der Waals surface area contributed by atoms with Gasteiger partial charge in [0.2, 0.25) is 0 Å². The quantitative estimate of drug-likeness (QED) is 0.628. The number of aryl methyl sites for hydroxylation is 1. The van der Waals surface area contributed by atoms with Gasteiger partial charge in [-0.25, -0.2) is 4.98 Å². The van der Waals surface area contributed by atoms with Crippen LogP contribution in [-0.2, 0) is 9.59 Å². The van der Waals surface area contributed by atoms with E-state index in [-0.39, 0.29) is 34.5 Å². The first-order valence-electron chi connectivity index (χ1n) is 8.76. The lowest BCUT2D eigenvalue weighted by molar-refractivity contribution is -0.132. The SMILES string of the molecule is [2H]c1cc(N)c2c(=O)n(C3([2H])CC([2H])([2H])C(=O)CC3=O)c(C)nc2c1[2H]. The highest BCUT2D eigenvalue weighted by Crippen LogP contribution is 2.24. The van der Waals surface area contributed by atoms with Crippen LogP contribution in [0.1, 0.15) is 37.9 Å². The molecule has 0 saturated heterocycles.